The third kappa shape index (κ3) is 4.68. The van der Waals surface area contributed by atoms with E-state index in [-0.39, 0.29) is 10.9 Å². The zero-order valence-corrected chi connectivity index (χ0v) is 16.9. The van der Waals surface area contributed by atoms with Gasteiger partial charge in [0.25, 0.3) is 0 Å². The highest BCUT2D eigenvalue weighted by atomic mass is 32.2. The lowest BCUT2D eigenvalue weighted by Crippen LogP contribution is -2.34. The highest BCUT2D eigenvalue weighted by molar-refractivity contribution is 7.89. The minimum atomic E-state index is -3.72. The number of sulfonamides is 1. The molecule has 1 fully saturated rings. The zero-order chi connectivity index (χ0) is 19.6. The van der Waals surface area contributed by atoms with Gasteiger partial charge in [-0.2, -0.15) is 0 Å². The standard InChI is InChI=1S/C21H27FN2O2S/c1-15-5-4-12-24(14-15)20-9-6-18(7-10-20)17(3)23-27(25,26)21-11-8-19(22)13-16(21)2/h6-11,13,15,17,23H,4-5,12,14H2,1-3H3/t15-,17-/m0/s1. The minimum absolute atomic E-state index is 0.106. The molecule has 2 aromatic rings. The molecular formula is C21H27FN2O2S. The maximum atomic E-state index is 13.3. The molecule has 0 saturated carbocycles. The molecule has 0 aliphatic carbocycles. The normalized spacial score (nSPS) is 19.1. The molecule has 27 heavy (non-hydrogen) atoms. The number of nitrogens with zero attached hydrogens (tertiary/aromatic N) is 1. The van der Waals surface area contributed by atoms with Crippen LogP contribution in [-0.2, 0) is 10.0 Å². The molecule has 3 rings (SSSR count). The molecule has 6 heteroatoms. The quantitative estimate of drug-likeness (QED) is 0.823. The van der Waals surface area contributed by atoms with Gasteiger partial charge in [-0.15, -0.1) is 0 Å². The van der Waals surface area contributed by atoms with E-state index in [0.29, 0.717) is 11.5 Å². The fraction of sp³-hybridized carbons (Fsp3) is 0.429. The molecule has 1 aliphatic rings. The molecule has 0 unspecified atom stereocenters. The van der Waals surface area contributed by atoms with E-state index in [2.05, 4.69) is 28.7 Å². The average molecular weight is 391 g/mol. The molecule has 1 saturated heterocycles. The summed E-state index contributed by atoms with van der Waals surface area (Å²) in [6.07, 6.45) is 2.48. The van der Waals surface area contributed by atoms with E-state index in [1.165, 1.54) is 36.7 Å². The number of halogens is 1. The summed E-state index contributed by atoms with van der Waals surface area (Å²) in [5.41, 5.74) is 2.46. The Morgan fingerprint density at radius 2 is 1.89 bits per heavy atom. The second-order valence-electron chi connectivity index (χ2n) is 7.54. The number of anilines is 1. The van der Waals surface area contributed by atoms with E-state index in [4.69, 9.17) is 0 Å². The van der Waals surface area contributed by atoms with Crippen molar-refractivity contribution in [2.75, 3.05) is 18.0 Å². The number of nitrogens with one attached hydrogen (secondary N) is 1. The molecule has 1 heterocycles. The monoisotopic (exact) mass is 390 g/mol. The van der Waals surface area contributed by atoms with Crippen LogP contribution in [0.3, 0.4) is 0 Å². The molecule has 1 N–H and O–H groups in total. The van der Waals surface area contributed by atoms with Crippen LogP contribution >= 0.6 is 0 Å². The Kier molecular flexibility index (Phi) is 5.86. The van der Waals surface area contributed by atoms with Crippen molar-refractivity contribution in [3.63, 3.8) is 0 Å². The molecule has 1 aliphatic heterocycles. The predicted molar refractivity (Wildman–Crippen MR) is 107 cm³/mol. The van der Waals surface area contributed by atoms with Gasteiger partial charge in [-0.3, -0.25) is 0 Å². The first-order valence-corrected chi connectivity index (χ1v) is 10.9. The maximum Gasteiger partial charge on any atom is 0.241 e. The first kappa shape index (κ1) is 19.8. The lowest BCUT2D eigenvalue weighted by Gasteiger charge is -2.33. The smallest absolute Gasteiger partial charge is 0.241 e. The van der Waals surface area contributed by atoms with Crippen molar-refractivity contribution in [2.45, 2.75) is 44.6 Å². The summed E-state index contributed by atoms with van der Waals surface area (Å²) >= 11 is 0. The molecular weight excluding hydrogens is 363 g/mol. The van der Waals surface area contributed by atoms with Crippen LogP contribution < -0.4 is 9.62 Å². The molecule has 4 nitrogen and oxygen atoms in total. The summed E-state index contributed by atoms with van der Waals surface area (Å²) in [5, 5.41) is 0. The summed E-state index contributed by atoms with van der Waals surface area (Å²) in [5.74, 6) is 0.255. The van der Waals surface area contributed by atoms with E-state index in [1.807, 2.05) is 19.1 Å². The van der Waals surface area contributed by atoms with Gasteiger partial charge in [0.15, 0.2) is 0 Å². The number of benzene rings is 2. The van der Waals surface area contributed by atoms with Crippen molar-refractivity contribution >= 4 is 15.7 Å². The zero-order valence-electron chi connectivity index (χ0n) is 16.1. The lowest BCUT2D eigenvalue weighted by molar-refractivity contribution is 0.447. The van der Waals surface area contributed by atoms with E-state index >= 15 is 0 Å². The van der Waals surface area contributed by atoms with Crippen LogP contribution in [0.1, 0.15) is 43.9 Å². The van der Waals surface area contributed by atoms with E-state index in [1.54, 1.807) is 6.92 Å². The van der Waals surface area contributed by atoms with Crippen LogP contribution in [0.4, 0.5) is 10.1 Å². The highest BCUT2D eigenvalue weighted by Gasteiger charge is 2.21. The van der Waals surface area contributed by atoms with Crippen molar-refractivity contribution in [1.82, 2.24) is 4.72 Å². The van der Waals surface area contributed by atoms with Gasteiger partial charge in [0.05, 0.1) is 4.90 Å². The third-order valence-electron chi connectivity index (χ3n) is 5.17. The van der Waals surface area contributed by atoms with Crippen LogP contribution in [0, 0.1) is 18.7 Å². The van der Waals surface area contributed by atoms with Crippen LogP contribution in [0.25, 0.3) is 0 Å². The summed E-state index contributed by atoms with van der Waals surface area (Å²) in [6, 6.07) is 11.4. The van der Waals surface area contributed by atoms with E-state index < -0.39 is 15.8 Å². The third-order valence-corrected chi connectivity index (χ3v) is 6.87. The number of aryl methyl sites for hydroxylation is 1. The highest BCUT2D eigenvalue weighted by Crippen LogP contribution is 2.25. The molecule has 0 spiro atoms. The van der Waals surface area contributed by atoms with Crippen molar-refractivity contribution in [3.8, 4) is 0 Å². The molecule has 0 radical (unpaired) electrons. The molecule has 0 aromatic heterocycles. The Morgan fingerprint density at radius 3 is 2.52 bits per heavy atom. The van der Waals surface area contributed by atoms with Crippen LogP contribution in [0.15, 0.2) is 47.4 Å². The molecule has 0 bridgehead atoms. The Hall–Kier alpha value is -1.92. The summed E-state index contributed by atoms with van der Waals surface area (Å²) in [6.45, 7) is 7.81. The van der Waals surface area contributed by atoms with E-state index in [0.717, 1.165) is 18.7 Å². The van der Waals surface area contributed by atoms with Gasteiger partial charge in [0, 0.05) is 24.8 Å². The lowest BCUT2D eigenvalue weighted by atomic mass is 9.99. The SMILES string of the molecule is Cc1cc(F)ccc1S(=O)(=O)N[C@@H](C)c1ccc(N2CCC[C@H](C)C2)cc1. The first-order valence-electron chi connectivity index (χ1n) is 9.39. The van der Waals surface area contributed by atoms with E-state index in [9.17, 15) is 12.8 Å². The molecule has 2 aromatic carbocycles. The Morgan fingerprint density at radius 1 is 1.19 bits per heavy atom. The second kappa shape index (κ2) is 7.98. The largest absolute Gasteiger partial charge is 0.371 e. The maximum absolute atomic E-state index is 13.3. The average Bonchev–Trinajstić information content (AvgIpc) is 2.61. The summed E-state index contributed by atoms with van der Waals surface area (Å²) in [4.78, 5) is 2.49. The van der Waals surface area contributed by atoms with Gasteiger partial charge in [-0.1, -0.05) is 19.1 Å². The van der Waals surface area contributed by atoms with Crippen molar-refractivity contribution in [1.29, 1.82) is 0 Å². The van der Waals surface area contributed by atoms with Gasteiger partial charge in [0.2, 0.25) is 10.0 Å². The van der Waals surface area contributed by atoms with Crippen LogP contribution in [0.2, 0.25) is 0 Å². The first-order chi connectivity index (χ1) is 12.8. The van der Waals surface area contributed by atoms with Gasteiger partial charge in [-0.05, 0) is 74.1 Å². The van der Waals surface area contributed by atoms with Crippen LogP contribution in [-0.4, -0.2) is 21.5 Å². The van der Waals surface area contributed by atoms with Gasteiger partial charge in [-0.25, -0.2) is 17.5 Å². The molecule has 2 atom stereocenters. The van der Waals surface area contributed by atoms with Crippen molar-refractivity contribution in [3.05, 3.63) is 59.4 Å². The van der Waals surface area contributed by atoms with Gasteiger partial charge < -0.3 is 4.90 Å². The number of hydrogen-bond donors (Lipinski definition) is 1. The fourth-order valence-electron chi connectivity index (χ4n) is 3.68. The number of piperidine rings is 1. The summed E-state index contributed by atoms with van der Waals surface area (Å²) < 4.78 is 41.3. The minimum Gasteiger partial charge on any atom is -0.371 e. The molecule has 0 amide bonds. The topological polar surface area (TPSA) is 49.4 Å². The van der Waals surface area contributed by atoms with Gasteiger partial charge in [0.1, 0.15) is 5.82 Å². The number of hydrogen-bond acceptors (Lipinski definition) is 3. The number of rotatable bonds is 5. The predicted octanol–water partition coefficient (Wildman–Crippen LogP) is 4.41. The Bertz CT molecular complexity index is 897. The Labute approximate surface area is 161 Å². The summed E-state index contributed by atoms with van der Waals surface area (Å²) in [7, 11) is -3.72. The van der Waals surface area contributed by atoms with Crippen molar-refractivity contribution in [2.24, 2.45) is 5.92 Å². The molecule has 146 valence electrons. The van der Waals surface area contributed by atoms with Crippen LogP contribution in [0.5, 0.6) is 0 Å². The Balaban J connectivity index is 1.73. The van der Waals surface area contributed by atoms with Crippen molar-refractivity contribution < 1.29 is 12.8 Å². The second-order valence-corrected chi connectivity index (χ2v) is 9.22. The van der Waals surface area contributed by atoms with Gasteiger partial charge >= 0.3 is 0 Å². The fourth-order valence-corrected chi connectivity index (χ4v) is 5.13.